The number of amides is 1. The second-order valence-electron chi connectivity index (χ2n) is 2.76. The molecule has 16 heavy (non-hydrogen) atoms. The molecule has 0 bridgehead atoms. The van der Waals surface area contributed by atoms with Gasteiger partial charge in [-0.3, -0.25) is 4.79 Å². The summed E-state index contributed by atoms with van der Waals surface area (Å²) in [5, 5.41) is 2.79. The number of ether oxygens (including phenoxy) is 1. The Kier molecular flexibility index (Phi) is 5.13. The van der Waals surface area contributed by atoms with E-state index in [4.69, 9.17) is 11.6 Å². The number of carbonyl (C=O) groups is 2. The van der Waals surface area contributed by atoms with E-state index in [0.29, 0.717) is 18.7 Å². The molecule has 0 aliphatic rings. The zero-order chi connectivity index (χ0) is 12.0. The van der Waals surface area contributed by atoms with Gasteiger partial charge in [0, 0.05) is 23.8 Å². The second-order valence-corrected chi connectivity index (χ2v) is 3.89. The van der Waals surface area contributed by atoms with Crippen LogP contribution in [0.25, 0.3) is 0 Å². The Labute approximate surface area is 101 Å². The van der Waals surface area contributed by atoms with E-state index in [1.807, 2.05) is 0 Å². The Morgan fingerprint density at radius 2 is 2.31 bits per heavy atom. The van der Waals surface area contributed by atoms with Gasteiger partial charge in [0.25, 0.3) is 5.82 Å². The van der Waals surface area contributed by atoms with Gasteiger partial charge in [-0.2, -0.15) is 9.36 Å². The van der Waals surface area contributed by atoms with Crippen LogP contribution in [0.15, 0.2) is 0 Å². The SMILES string of the molecule is COC(=O)c1nsc(NC(=O)CCCCl)n1. The molecule has 1 rings (SSSR count). The van der Waals surface area contributed by atoms with E-state index in [0.717, 1.165) is 11.5 Å². The van der Waals surface area contributed by atoms with Crippen molar-refractivity contribution in [3.8, 4) is 0 Å². The van der Waals surface area contributed by atoms with Gasteiger partial charge in [-0.1, -0.05) is 0 Å². The van der Waals surface area contributed by atoms with Crippen molar-refractivity contribution < 1.29 is 14.3 Å². The molecule has 1 aromatic heterocycles. The fourth-order valence-electron chi connectivity index (χ4n) is 0.858. The zero-order valence-corrected chi connectivity index (χ0v) is 10.1. The van der Waals surface area contributed by atoms with Crippen molar-refractivity contribution in [1.82, 2.24) is 9.36 Å². The van der Waals surface area contributed by atoms with Gasteiger partial charge in [0.05, 0.1) is 7.11 Å². The minimum atomic E-state index is -0.627. The highest BCUT2D eigenvalue weighted by Gasteiger charge is 2.14. The van der Waals surface area contributed by atoms with Crippen LogP contribution < -0.4 is 5.32 Å². The lowest BCUT2D eigenvalue weighted by Gasteiger charge is -1.98. The van der Waals surface area contributed by atoms with Crippen LogP contribution in [0.3, 0.4) is 0 Å². The first kappa shape index (κ1) is 12.9. The molecule has 0 atom stereocenters. The molecule has 0 unspecified atom stereocenters. The number of hydrogen-bond acceptors (Lipinski definition) is 6. The first-order valence-electron chi connectivity index (χ1n) is 4.45. The topological polar surface area (TPSA) is 81.2 Å². The molecule has 6 nitrogen and oxygen atoms in total. The maximum atomic E-state index is 11.3. The highest BCUT2D eigenvalue weighted by atomic mass is 35.5. The first-order valence-corrected chi connectivity index (χ1v) is 5.76. The molecular formula is C8H10ClN3O3S. The maximum absolute atomic E-state index is 11.3. The van der Waals surface area contributed by atoms with Crippen molar-refractivity contribution in [3.05, 3.63) is 5.82 Å². The Morgan fingerprint density at radius 3 is 2.94 bits per heavy atom. The summed E-state index contributed by atoms with van der Waals surface area (Å²) in [4.78, 5) is 26.1. The highest BCUT2D eigenvalue weighted by molar-refractivity contribution is 7.10. The summed E-state index contributed by atoms with van der Waals surface area (Å²) in [6.07, 6.45) is 0.909. The van der Waals surface area contributed by atoms with Crippen molar-refractivity contribution >= 4 is 40.1 Å². The normalized spacial score (nSPS) is 9.88. The molecule has 0 radical (unpaired) electrons. The van der Waals surface area contributed by atoms with Crippen molar-refractivity contribution in [1.29, 1.82) is 0 Å². The highest BCUT2D eigenvalue weighted by Crippen LogP contribution is 2.12. The lowest BCUT2D eigenvalue weighted by atomic mass is 10.3. The number of nitrogens with zero attached hydrogens (tertiary/aromatic N) is 2. The fourth-order valence-corrected chi connectivity index (χ4v) is 1.57. The molecule has 0 saturated heterocycles. The van der Waals surface area contributed by atoms with Crippen LogP contribution in [0.5, 0.6) is 0 Å². The summed E-state index contributed by atoms with van der Waals surface area (Å²) < 4.78 is 8.17. The molecule has 1 N–H and O–H groups in total. The lowest BCUT2D eigenvalue weighted by Crippen LogP contribution is -2.11. The predicted octanol–water partition coefficient (Wildman–Crippen LogP) is 1.28. The van der Waals surface area contributed by atoms with Crippen LogP contribution in [-0.2, 0) is 9.53 Å². The smallest absolute Gasteiger partial charge is 0.377 e. The number of methoxy groups -OCH3 is 1. The molecule has 1 aromatic rings. The minimum Gasteiger partial charge on any atom is -0.463 e. The molecule has 1 amide bonds. The van der Waals surface area contributed by atoms with E-state index in [1.54, 1.807) is 0 Å². The standard InChI is InChI=1S/C8H10ClN3O3S/c1-15-7(14)6-11-8(16-12-6)10-5(13)3-2-4-9/h2-4H2,1H3,(H,10,11,12,13). The van der Waals surface area contributed by atoms with Gasteiger partial charge in [-0.25, -0.2) is 4.79 Å². The molecule has 8 heteroatoms. The third-order valence-electron chi connectivity index (χ3n) is 1.58. The molecule has 0 aliphatic carbocycles. The molecule has 88 valence electrons. The van der Waals surface area contributed by atoms with Gasteiger partial charge in [-0.15, -0.1) is 11.6 Å². The van der Waals surface area contributed by atoms with E-state index in [9.17, 15) is 9.59 Å². The summed E-state index contributed by atoms with van der Waals surface area (Å²) in [6.45, 7) is 0. The van der Waals surface area contributed by atoms with E-state index in [-0.39, 0.29) is 16.9 Å². The summed E-state index contributed by atoms with van der Waals surface area (Å²) in [5.74, 6) is -0.456. The molecule has 0 fully saturated rings. The predicted molar refractivity (Wildman–Crippen MR) is 59.8 cm³/mol. The number of aromatic nitrogens is 2. The number of anilines is 1. The summed E-state index contributed by atoms with van der Waals surface area (Å²) in [7, 11) is 1.24. The number of halogens is 1. The Morgan fingerprint density at radius 1 is 1.56 bits per heavy atom. The molecule has 0 aromatic carbocycles. The zero-order valence-electron chi connectivity index (χ0n) is 8.53. The Hall–Kier alpha value is -1.21. The summed E-state index contributed by atoms with van der Waals surface area (Å²) in [6, 6.07) is 0. The lowest BCUT2D eigenvalue weighted by molar-refractivity contribution is -0.116. The average Bonchev–Trinajstić information content (AvgIpc) is 2.73. The number of carbonyl (C=O) groups excluding carboxylic acids is 2. The average molecular weight is 264 g/mol. The number of rotatable bonds is 5. The number of esters is 1. The molecule has 0 spiro atoms. The van der Waals surface area contributed by atoms with Crippen LogP contribution in [0.1, 0.15) is 23.5 Å². The quantitative estimate of drug-likeness (QED) is 0.639. The van der Waals surface area contributed by atoms with Crippen molar-refractivity contribution in [2.24, 2.45) is 0 Å². The molecular weight excluding hydrogens is 254 g/mol. The van der Waals surface area contributed by atoms with Gasteiger partial charge in [-0.05, 0) is 6.42 Å². The van der Waals surface area contributed by atoms with Gasteiger partial charge in [0.1, 0.15) is 0 Å². The van der Waals surface area contributed by atoms with Gasteiger partial charge in [0.15, 0.2) is 0 Å². The Balaban J connectivity index is 2.52. The van der Waals surface area contributed by atoms with Crippen LogP contribution in [0.2, 0.25) is 0 Å². The van der Waals surface area contributed by atoms with Gasteiger partial charge >= 0.3 is 5.97 Å². The summed E-state index contributed by atoms with van der Waals surface area (Å²) in [5.41, 5.74) is 0. The number of alkyl halides is 1. The summed E-state index contributed by atoms with van der Waals surface area (Å²) >= 11 is 6.37. The number of hydrogen-bond donors (Lipinski definition) is 1. The third kappa shape index (κ3) is 3.74. The molecule has 0 saturated carbocycles. The van der Waals surface area contributed by atoms with Gasteiger partial charge < -0.3 is 10.1 Å². The van der Waals surface area contributed by atoms with Crippen LogP contribution in [0.4, 0.5) is 5.13 Å². The third-order valence-corrected chi connectivity index (χ3v) is 2.48. The first-order chi connectivity index (χ1) is 7.67. The molecule has 0 aliphatic heterocycles. The fraction of sp³-hybridized carbons (Fsp3) is 0.500. The van der Waals surface area contributed by atoms with Crippen LogP contribution in [-0.4, -0.2) is 34.2 Å². The van der Waals surface area contributed by atoms with E-state index < -0.39 is 5.97 Å². The minimum absolute atomic E-state index is 0.0554. The van der Waals surface area contributed by atoms with Crippen LogP contribution in [0, 0.1) is 0 Å². The van der Waals surface area contributed by atoms with Crippen molar-refractivity contribution in [2.75, 3.05) is 18.3 Å². The van der Waals surface area contributed by atoms with E-state index >= 15 is 0 Å². The monoisotopic (exact) mass is 263 g/mol. The van der Waals surface area contributed by atoms with Crippen LogP contribution >= 0.6 is 23.1 Å². The molecule has 1 heterocycles. The largest absolute Gasteiger partial charge is 0.463 e. The Bertz CT molecular complexity index is 382. The van der Waals surface area contributed by atoms with E-state index in [1.165, 1.54) is 7.11 Å². The number of nitrogens with one attached hydrogen (secondary N) is 1. The van der Waals surface area contributed by atoms with Crippen molar-refractivity contribution in [2.45, 2.75) is 12.8 Å². The van der Waals surface area contributed by atoms with Gasteiger partial charge in [0.2, 0.25) is 11.0 Å². The maximum Gasteiger partial charge on any atom is 0.377 e. The van der Waals surface area contributed by atoms with Crippen molar-refractivity contribution in [3.63, 3.8) is 0 Å². The van der Waals surface area contributed by atoms with E-state index in [2.05, 4.69) is 19.4 Å². The second kappa shape index (κ2) is 6.39.